The maximum absolute atomic E-state index is 11.6. The van der Waals surface area contributed by atoms with Gasteiger partial charge in [0, 0.05) is 36.6 Å². The van der Waals surface area contributed by atoms with Crippen molar-refractivity contribution >= 4 is 29.1 Å². The van der Waals surface area contributed by atoms with Crippen molar-refractivity contribution in [2.24, 2.45) is 0 Å². The van der Waals surface area contributed by atoms with Gasteiger partial charge in [0.15, 0.2) is 11.5 Å². The van der Waals surface area contributed by atoms with Crippen molar-refractivity contribution in [3.8, 4) is 11.5 Å². The van der Waals surface area contributed by atoms with Crippen LogP contribution in [-0.4, -0.2) is 37.0 Å². The number of nitrogens with one attached hydrogen (secondary N) is 1. The van der Waals surface area contributed by atoms with Crippen LogP contribution in [0.3, 0.4) is 0 Å². The second-order valence-electron chi connectivity index (χ2n) is 7.23. The van der Waals surface area contributed by atoms with Crippen LogP contribution in [0.2, 0.25) is 10.0 Å². The van der Waals surface area contributed by atoms with E-state index in [-0.39, 0.29) is 5.91 Å². The zero-order valence-electron chi connectivity index (χ0n) is 17.3. The molecule has 1 fully saturated rings. The molecule has 0 radical (unpaired) electrons. The number of nitrogens with zero attached hydrogens (tertiary/aromatic N) is 1. The van der Waals surface area contributed by atoms with Crippen molar-refractivity contribution in [1.82, 2.24) is 10.2 Å². The van der Waals surface area contributed by atoms with E-state index >= 15 is 0 Å². The first kappa shape index (κ1) is 22.7. The molecule has 1 amide bonds. The number of hydrogen-bond acceptors (Lipinski definition) is 4. The third-order valence-corrected chi connectivity index (χ3v) is 5.63. The molecule has 0 spiro atoms. The molecule has 0 atom stereocenters. The molecule has 2 aromatic rings. The van der Waals surface area contributed by atoms with Gasteiger partial charge < -0.3 is 19.7 Å². The molecule has 0 unspecified atom stereocenters. The minimum Gasteiger partial charge on any atom is -0.490 e. The third kappa shape index (κ3) is 6.27. The lowest BCUT2D eigenvalue weighted by Gasteiger charge is -2.17. The highest BCUT2D eigenvalue weighted by molar-refractivity contribution is 6.32. The maximum atomic E-state index is 11.6. The number of ether oxygens (including phenoxy) is 2. The van der Waals surface area contributed by atoms with Gasteiger partial charge in [0.05, 0.1) is 11.6 Å². The van der Waals surface area contributed by atoms with Crippen molar-refractivity contribution in [3.05, 3.63) is 57.6 Å². The molecule has 1 saturated heterocycles. The van der Waals surface area contributed by atoms with Crippen molar-refractivity contribution in [2.45, 2.75) is 39.3 Å². The summed E-state index contributed by atoms with van der Waals surface area (Å²) >= 11 is 12.7. The van der Waals surface area contributed by atoms with E-state index in [1.165, 1.54) is 0 Å². The average Bonchev–Trinajstić information content (AvgIpc) is 3.13. The van der Waals surface area contributed by atoms with Gasteiger partial charge in [-0.25, -0.2) is 0 Å². The van der Waals surface area contributed by atoms with Crippen molar-refractivity contribution in [2.75, 3.05) is 26.2 Å². The molecule has 162 valence electrons. The monoisotopic (exact) mass is 450 g/mol. The molecule has 2 aromatic carbocycles. The Kier molecular flexibility index (Phi) is 8.67. The van der Waals surface area contributed by atoms with Gasteiger partial charge in [0.1, 0.15) is 6.61 Å². The van der Waals surface area contributed by atoms with Crippen LogP contribution >= 0.6 is 23.2 Å². The number of rotatable bonds is 11. The van der Waals surface area contributed by atoms with E-state index in [1.807, 2.05) is 48.2 Å². The highest BCUT2D eigenvalue weighted by atomic mass is 35.5. The molecule has 0 saturated carbocycles. The highest BCUT2D eigenvalue weighted by Crippen LogP contribution is 2.37. The first-order chi connectivity index (χ1) is 14.6. The average molecular weight is 451 g/mol. The Hall–Kier alpha value is -1.95. The summed E-state index contributed by atoms with van der Waals surface area (Å²) in [6.07, 6.45) is 2.60. The van der Waals surface area contributed by atoms with Crippen molar-refractivity contribution in [3.63, 3.8) is 0 Å². The second kappa shape index (κ2) is 11.4. The van der Waals surface area contributed by atoms with Crippen LogP contribution in [0.1, 0.15) is 37.3 Å². The molecule has 0 aromatic heterocycles. The predicted octanol–water partition coefficient (Wildman–Crippen LogP) is 5.07. The Labute approximate surface area is 188 Å². The zero-order chi connectivity index (χ0) is 21.3. The van der Waals surface area contributed by atoms with E-state index in [2.05, 4.69) is 5.32 Å². The van der Waals surface area contributed by atoms with Gasteiger partial charge in [-0.05, 0) is 50.1 Å². The Morgan fingerprint density at radius 2 is 1.97 bits per heavy atom. The largest absolute Gasteiger partial charge is 0.490 e. The summed E-state index contributed by atoms with van der Waals surface area (Å²) in [6, 6.07) is 11.4. The van der Waals surface area contributed by atoms with E-state index in [4.69, 9.17) is 32.7 Å². The molecular formula is C23H28Cl2N2O3. The number of likely N-dealkylation sites (tertiary alicyclic amines) is 1. The zero-order valence-corrected chi connectivity index (χ0v) is 18.8. The fourth-order valence-corrected chi connectivity index (χ4v) is 3.94. The molecule has 1 aliphatic rings. The summed E-state index contributed by atoms with van der Waals surface area (Å²) in [5, 5.41) is 4.57. The van der Waals surface area contributed by atoms with Gasteiger partial charge in [-0.1, -0.05) is 41.4 Å². The number of amides is 1. The molecule has 7 heteroatoms. The summed E-state index contributed by atoms with van der Waals surface area (Å²) in [4.78, 5) is 13.6. The van der Waals surface area contributed by atoms with E-state index in [0.717, 1.165) is 43.6 Å². The standard InChI is InChI=1S/C23H28Cl2N2O3/c1-2-29-21-14-17(15-26-10-6-12-27-11-5-9-22(27)28)13-20(25)23(21)30-16-18-7-3-4-8-19(18)24/h3-4,7-8,13-14,26H,2,5-6,9-12,15-16H2,1H3. The third-order valence-electron chi connectivity index (χ3n) is 4.98. The maximum Gasteiger partial charge on any atom is 0.222 e. The van der Waals surface area contributed by atoms with Crippen LogP contribution < -0.4 is 14.8 Å². The number of hydrogen-bond donors (Lipinski definition) is 1. The molecule has 1 aliphatic heterocycles. The van der Waals surface area contributed by atoms with E-state index < -0.39 is 0 Å². The highest BCUT2D eigenvalue weighted by Gasteiger charge is 2.19. The minimum absolute atomic E-state index is 0.274. The lowest BCUT2D eigenvalue weighted by Crippen LogP contribution is -2.28. The van der Waals surface area contributed by atoms with Crippen LogP contribution in [0, 0.1) is 0 Å². The van der Waals surface area contributed by atoms with Crippen molar-refractivity contribution < 1.29 is 14.3 Å². The lowest BCUT2D eigenvalue weighted by atomic mass is 10.2. The van der Waals surface area contributed by atoms with Crippen LogP contribution in [0.5, 0.6) is 11.5 Å². The van der Waals surface area contributed by atoms with Crippen LogP contribution in [0.4, 0.5) is 0 Å². The lowest BCUT2D eigenvalue weighted by molar-refractivity contribution is -0.127. The molecule has 30 heavy (non-hydrogen) atoms. The molecule has 0 aliphatic carbocycles. The Morgan fingerprint density at radius 1 is 1.13 bits per heavy atom. The Balaban J connectivity index is 1.55. The summed E-state index contributed by atoms with van der Waals surface area (Å²) in [7, 11) is 0. The quantitative estimate of drug-likeness (QED) is 0.485. The molecule has 5 nitrogen and oxygen atoms in total. The molecular weight excluding hydrogens is 423 g/mol. The van der Waals surface area contributed by atoms with Crippen LogP contribution in [-0.2, 0) is 17.9 Å². The normalized spacial score (nSPS) is 13.7. The fraction of sp³-hybridized carbons (Fsp3) is 0.435. The summed E-state index contributed by atoms with van der Waals surface area (Å²) in [5.74, 6) is 1.42. The molecule has 1 N–H and O–H groups in total. The molecule has 1 heterocycles. The van der Waals surface area contributed by atoms with Gasteiger partial charge in [-0.2, -0.15) is 0 Å². The van der Waals surface area contributed by atoms with E-state index in [0.29, 0.717) is 47.7 Å². The number of benzene rings is 2. The van der Waals surface area contributed by atoms with Gasteiger partial charge >= 0.3 is 0 Å². The molecule has 0 bridgehead atoms. The smallest absolute Gasteiger partial charge is 0.222 e. The number of carbonyl (C=O) groups is 1. The topological polar surface area (TPSA) is 50.8 Å². The Bertz CT molecular complexity index is 860. The minimum atomic E-state index is 0.274. The Morgan fingerprint density at radius 3 is 2.70 bits per heavy atom. The van der Waals surface area contributed by atoms with Crippen LogP contribution in [0.25, 0.3) is 0 Å². The summed E-state index contributed by atoms with van der Waals surface area (Å²) < 4.78 is 11.7. The first-order valence-corrected chi connectivity index (χ1v) is 11.1. The fourth-order valence-electron chi connectivity index (χ4n) is 3.46. The number of carbonyl (C=O) groups excluding carboxylic acids is 1. The second-order valence-corrected chi connectivity index (χ2v) is 8.05. The predicted molar refractivity (Wildman–Crippen MR) is 121 cm³/mol. The number of halogens is 2. The first-order valence-electron chi connectivity index (χ1n) is 10.4. The summed E-state index contributed by atoms with van der Waals surface area (Å²) in [6.45, 7) is 5.95. The SMILES string of the molecule is CCOc1cc(CNCCCN2CCCC2=O)cc(Cl)c1OCc1ccccc1Cl. The van der Waals surface area contributed by atoms with Gasteiger partial charge in [0.2, 0.25) is 5.91 Å². The summed E-state index contributed by atoms with van der Waals surface area (Å²) in [5.41, 5.74) is 1.91. The van der Waals surface area contributed by atoms with Gasteiger partial charge in [-0.3, -0.25) is 4.79 Å². The van der Waals surface area contributed by atoms with Crippen LogP contribution in [0.15, 0.2) is 36.4 Å². The van der Waals surface area contributed by atoms with Crippen molar-refractivity contribution in [1.29, 1.82) is 0 Å². The van der Waals surface area contributed by atoms with Gasteiger partial charge in [-0.15, -0.1) is 0 Å². The molecule has 3 rings (SSSR count). The van der Waals surface area contributed by atoms with Gasteiger partial charge in [0.25, 0.3) is 0 Å². The van der Waals surface area contributed by atoms with E-state index in [9.17, 15) is 4.79 Å². The van der Waals surface area contributed by atoms with E-state index in [1.54, 1.807) is 0 Å².